The fraction of sp³-hybridized carbons (Fsp3) is 0.500. The number of nitrogens with zero attached hydrogens (tertiary/aromatic N) is 1. The largest absolute Gasteiger partial charge is 0.527 e. The zero-order valence-electron chi connectivity index (χ0n) is 12.7. The maximum atomic E-state index is 12.2. The van der Waals surface area contributed by atoms with Crippen LogP contribution in [0.5, 0.6) is 0 Å². The summed E-state index contributed by atoms with van der Waals surface area (Å²) in [7, 11) is -5.05. The van der Waals surface area contributed by atoms with Crippen LogP contribution in [0.4, 0.5) is 0 Å². The van der Waals surface area contributed by atoms with Crippen LogP contribution in [0.1, 0.15) is 32.8 Å². The van der Waals surface area contributed by atoms with Crippen LogP contribution in [-0.4, -0.2) is 21.3 Å². The first-order chi connectivity index (χ1) is 9.97. The molecule has 0 spiro atoms. The fourth-order valence-corrected chi connectivity index (χ4v) is 2.70. The number of carbonyl (C=O) groups is 1. The molecule has 0 radical (unpaired) electrons. The summed E-state index contributed by atoms with van der Waals surface area (Å²) in [5, 5.41) is 2.92. The predicted molar refractivity (Wildman–Crippen MR) is 80.9 cm³/mol. The highest BCUT2D eigenvalue weighted by atomic mass is 31.2. The molecular weight excluding hydrogens is 309 g/mol. The average Bonchev–Trinajstić information content (AvgIpc) is 2.35. The second-order valence-electron chi connectivity index (χ2n) is 6.39. The fourth-order valence-electron chi connectivity index (χ4n) is 2.31. The molecule has 1 aromatic carbocycles. The number of hydrogen-bond donors (Lipinski definition) is 2. The molecular formula is C14H20NO6P. The Kier molecular flexibility index (Phi) is 5.62. The predicted octanol–water partition coefficient (Wildman–Crippen LogP) is 2.81. The van der Waals surface area contributed by atoms with Crippen molar-refractivity contribution in [3.63, 3.8) is 0 Å². The molecule has 0 amide bonds. The lowest BCUT2D eigenvalue weighted by Gasteiger charge is -2.31. The van der Waals surface area contributed by atoms with Gasteiger partial charge in [0, 0.05) is 6.42 Å². The summed E-state index contributed by atoms with van der Waals surface area (Å²) in [4.78, 5) is 41.3. The molecule has 1 rings (SSSR count). The number of benzene rings is 1. The molecule has 7 nitrogen and oxygen atoms in total. The number of nitroso groups, excluding NO2 is 1. The Morgan fingerprint density at radius 3 is 2.18 bits per heavy atom. The minimum atomic E-state index is -5.05. The normalized spacial score (nSPS) is 15.0. The Hall–Kier alpha value is -1.56. The monoisotopic (exact) mass is 329 g/mol. The molecule has 8 heteroatoms. The number of hydrogen-bond acceptors (Lipinski definition) is 5. The second-order valence-corrected chi connectivity index (χ2v) is 7.56. The van der Waals surface area contributed by atoms with Crippen LogP contribution in [-0.2, 0) is 20.3 Å². The van der Waals surface area contributed by atoms with Crippen molar-refractivity contribution in [1.29, 1.82) is 0 Å². The summed E-state index contributed by atoms with van der Waals surface area (Å²) in [6.45, 7) is 5.38. The number of rotatable bonds is 6. The van der Waals surface area contributed by atoms with E-state index in [-0.39, 0.29) is 12.8 Å². The van der Waals surface area contributed by atoms with Crippen LogP contribution in [0.25, 0.3) is 0 Å². The number of phosphoric acid groups is 1. The molecule has 22 heavy (non-hydrogen) atoms. The molecule has 0 aliphatic heterocycles. The third kappa shape index (κ3) is 5.67. The van der Waals surface area contributed by atoms with Crippen LogP contribution < -0.4 is 0 Å². The minimum absolute atomic E-state index is 0.00275. The van der Waals surface area contributed by atoms with Crippen molar-refractivity contribution in [3.05, 3.63) is 40.8 Å². The Bertz CT molecular complexity index is 577. The first-order valence-electron chi connectivity index (χ1n) is 6.65. The molecule has 0 saturated carbocycles. The first-order valence-corrected chi connectivity index (χ1v) is 8.18. The van der Waals surface area contributed by atoms with E-state index in [0.29, 0.717) is 5.56 Å². The summed E-state index contributed by atoms with van der Waals surface area (Å²) in [6, 6.07) is 8.64. The number of phosphoric ester groups is 1. The highest BCUT2D eigenvalue weighted by molar-refractivity contribution is 7.46. The van der Waals surface area contributed by atoms with Gasteiger partial charge in [0.2, 0.25) is 5.54 Å². The van der Waals surface area contributed by atoms with Crippen molar-refractivity contribution in [2.24, 2.45) is 10.6 Å². The van der Waals surface area contributed by atoms with Gasteiger partial charge in [0.05, 0.1) is 0 Å². The topological polar surface area (TPSA) is 113 Å². The van der Waals surface area contributed by atoms with Gasteiger partial charge in [-0.15, -0.1) is 4.91 Å². The summed E-state index contributed by atoms with van der Waals surface area (Å²) >= 11 is 0. The van der Waals surface area contributed by atoms with Gasteiger partial charge in [-0.3, -0.25) is 9.79 Å². The van der Waals surface area contributed by atoms with Crippen molar-refractivity contribution in [2.45, 2.75) is 39.2 Å². The molecule has 2 N–H and O–H groups in total. The zero-order chi connectivity index (χ0) is 17.0. The highest BCUT2D eigenvalue weighted by Crippen LogP contribution is 2.41. The maximum absolute atomic E-state index is 12.2. The van der Waals surface area contributed by atoms with Crippen LogP contribution in [0, 0.1) is 10.3 Å². The van der Waals surface area contributed by atoms with E-state index in [2.05, 4.69) is 9.70 Å². The maximum Gasteiger partial charge on any atom is 0.527 e. The third-order valence-electron chi connectivity index (χ3n) is 2.92. The molecule has 0 aliphatic carbocycles. The zero-order valence-corrected chi connectivity index (χ0v) is 13.6. The van der Waals surface area contributed by atoms with Gasteiger partial charge in [-0.05, 0) is 17.4 Å². The summed E-state index contributed by atoms with van der Waals surface area (Å²) in [6.07, 6.45) is -0.0926. The van der Waals surface area contributed by atoms with E-state index in [1.54, 1.807) is 51.1 Å². The Morgan fingerprint density at radius 2 is 1.77 bits per heavy atom. The third-order valence-corrected chi connectivity index (χ3v) is 3.32. The van der Waals surface area contributed by atoms with Crippen LogP contribution in [0.3, 0.4) is 0 Å². The van der Waals surface area contributed by atoms with Gasteiger partial charge in [-0.25, -0.2) is 9.36 Å². The van der Waals surface area contributed by atoms with E-state index in [1.165, 1.54) is 0 Å². The van der Waals surface area contributed by atoms with Gasteiger partial charge in [0.1, 0.15) is 0 Å². The van der Waals surface area contributed by atoms with E-state index < -0.39 is 24.7 Å². The van der Waals surface area contributed by atoms with Gasteiger partial charge >= 0.3 is 13.8 Å². The minimum Gasteiger partial charge on any atom is -0.369 e. The van der Waals surface area contributed by atoms with Gasteiger partial charge in [0.15, 0.2) is 0 Å². The van der Waals surface area contributed by atoms with E-state index >= 15 is 0 Å². The lowest BCUT2D eigenvalue weighted by Crippen LogP contribution is -2.43. The van der Waals surface area contributed by atoms with Crippen molar-refractivity contribution in [1.82, 2.24) is 0 Å². The molecule has 0 saturated heterocycles. The van der Waals surface area contributed by atoms with E-state index in [4.69, 9.17) is 9.79 Å². The molecule has 0 heterocycles. The van der Waals surface area contributed by atoms with Gasteiger partial charge in [0.25, 0.3) is 0 Å². The Labute approximate surface area is 128 Å². The lowest BCUT2D eigenvalue weighted by molar-refractivity contribution is -0.143. The molecule has 0 aliphatic rings. The van der Waals surface area contributed by atoms with Gasteiger partial charge < -0.3 is 4.52 Å². The van der Waals surface area contributed by atoms with Crippen molar-refractivity contribution >= 4 is 13.8 Å². The van der Waals surface area contributed by atoms with E-state index in [9.17, 15) is 14.3 Å². The van der Waals surface area contributed by atoms with Crippen molar-refractivity contribution in [3.8, 4) is 0 Å². The van der Waals surface area contributed by atoms with Gasteiger partial charge in [-0.2, -0.15) is 0 Å². The average molecular weight is 329 g/mol. The first kappa shape index (κ1) is 18.5. The van der Waals surface area contributed by atoms with Crippen molar-refractivity contribution in [2.75, 3.05) is 0 Å². The quantitative estimate of drug-likeness (QED) is 0.613. The lowest BCUT2D eigenvalue weighted by atomic mass is 9.77. The molecule has 0 unspecified atom stereocenters. The number of carbonyl (C=O) groups excluding carboxylic acids is 1. The summed E-state index contributed by atoms with van der Waals surface area (Å²) in [5.74, 6) is -1.31. The molecule has 1 aromatic rings. The van der Waals surface area contributed by atoms with Gasteiger partial charge in [-0.1, -0.05) is 56.3 Å². The highest BCUT2D eigenvalue weighted by Gasteiger charge is 2.47. The molecule has 1 atom stereocenters. The Balaban J connectivity index is 3.20. The van der Waals surface area contributed by atoms with E-state index in [0.717, 1.165) is 0 Å². The SMILES string of the molecule is CC(C)(C)C[C@@](Cc1ccccc1)(N=O)C(=O)OP(=O)(O)O. The molecule has 0 aromatic heterocycles. The summed E-state index contributed by atoms with van der Waals surface area (Å²) < 4.78 is 15.1. The molecule has 0 bridgehead atoms. The van der Waals surface area contributed by atoms with Crippen molar-refractivity contribution < 1.29 is 23.7 Å². The second kappa shape index (κ2) is 6.69. The van der Waals surface area contributed by atoms with Crippen LogP contribution in [0.2, 0.25) is 0 Å². The molecule has 0 fully saturated rings. The molecule has 122 valence electrons. The van der Waals surface area contributed by atoms with E-state index in [1.807, 2.05) is 0 Å². The van der Waals surface area contributed by atoms with Crippen LogP contribution >= 0.6 is 7.82 Å². The smallest absolute Gasteiger partial charge is 0.369 e. The summed E-state index contributed by atoms with van der Waals surface area (Å²) in [5.41, 5.74) is -1.72. The Morgan fingerprint density at radius 1 is 1.23 bits per heavy atom. The standard InChI is InChI=1S/C14H20NO6P/c1-13(2,3)10-14(15-17,12(16)21-22(18,19)20)9-11-7-5-4-6-8-11/h4-8H,9-10H2,1-3H3,(H2,18,19,20)/t14-/m1/s1. The van der Waals surface area contributed by atoms with Crippen LogP contribution in [0.15, 0.2) is 35.5 Å².